The lowest BCUT2D eigenvalue weighted by atomic mass is 9.86. The SMILES string of the molecule is CN(C)c1cc(C(=O)N(C)C2CCC(CO)CC2)cc(Cl)n1. The second kappa shape index (κ2) is 7.29. The molecular formula is C16H24ClN3O2. The predicted molar refractivity (Wildman–Crippen MR) is 88.5 cm³/mol. The Bertz CT molecular complexity index is 528. The van der Waals surface area contributed by atoms with Crippen molar-refractivity contribution in [3.63, 3.8) is 0 Å². The van der Waals surface area contributed by atoms with Crippen molar-refractivity contribution in [3.8, 4) is 0 Å². The largest absolute Gasteiger partial charge is 0.396 e. The highest BCUT2D eigenvalue weighted by Gasteiger charge is 2.27. The second-order valence-corrected chi connectivity index (χ2v) is 6.59. The maximum Gasteiger partial charge on any atom is 0.254 e. The number of carbonyl (C=O) groups is 1. The molecule has 2 rings (SSSR count). The minimum Gasteiger partial charge on any atom is -0.396 e. The van der Waals surface area contributed by atoms with E-state index in [1.807, 2.05) is 26.0 Å². The van der Waals surface area contributed by atoms with Gasteiger partial charge in [0.1, 0.15) is 11.0 Å². The van der Waals surface area contributed by atoms with Gasteiger partial charge < -0.3 is 14.9 Å². The van der Waals surface area contributed by atoms with Crippen LogP contribution in [-0.4, -0.2) is 54.7 Å². The molecule has 0 aromatic carbocycles. The zero-order valence-electron chi connectivity index (χ0n) is 13.4. The average molecular weight is 326 g/mol. The van der Waals surface area contributed by atoms with Crippen molar-refractivity contribution in [2.75, 3.05) is 32.6 Å². The number of anilines is 1. The van der Waals surface area contributed by atoms with Gasteiger partial charge in [0.05, 0.1) is 0 Å². The number of hydrogen-bond acceptors (Lipinski definition) is 4. The van der Waals surface area contributed by atoms with Crippen molar-refractivity contribution >= 4 is 23.3 Å². The van der Waals surface area contributed by atoms with E-state index in [1.165, 1.54) is 0 Å². The number of nitrogens with zero attached hydrogens (tertiary/aromatic N) is 3. The normalized spacial score (nSPS) is 21.5. The summed E-state index contributed by atoms with van der Waals surface area (Å²) in [4.78, 5) is 20.5. The van der Waals surface area contributed by atoms with Crippen LogP contribution >= 0.6 is 11.6 Å². The van der Waals surface area contributed by atoms with E-state index in [9.17, 15) is 9.90 Å². The van der Waals surface area contributed by atoms with E-state index >= 15 is 0 Å². The van der Waals surface area contributed by atoms with Gasteiger partial charge in [-0.05, 0) is 43.7 Å². The summed E-state index contributed by atoms with van der Waals surface area (Å²) in [7, 11) is 5.58. The summed E-state index contributed by atoms with van der Waals surface area (Å²) in [6, 6.07) is 3.61. The molecule has 1 aliphatic carbocycles. The molecule has 1 aliphatic rings. The number of amides is 1. The van der Waals surface area contributed by atoms with Gasteiger partial charge >= 0.3 is 0 Å². The Morgan fingerprint density at radius 2 is 1.91 bits per heavy atom. The van der Waals surface area contributed by atoms with Gasteiger partial charge in [-0.15, -0.1) is 0 Å². The molecule has 122 valence electrons. The summed E-state index contributed by atoms with van der Waals surface area (Å²) in [6.45, 7) is 0.247. The first kappa shape index (κ1) is 17.0. The van der Waals surface area contributed by atoms with Crippen LogP contribution in [0.5, 0.6) is 0 Å². The van der Waals surface area contributed by atoms with Gasteiger partial charge in [-0.3, -0.25) is 4.79 Å². The maximum absolute atomic E-state index is 12.7. The first-order valence-electron chi connectivity index (χ1n) is 7.65. The first-order valence-corrected chi connectivity index (χ1v) is 8.03. The minimum atomic E-state index is -0.0279. The van der Waals surface area contributed by atoms with Crippen LogP contribution in [0.25, 0.3) is 0 Å². The number of pyridine rings is 1. The van der Waals surface area contributed by atoms with Crippen LogP contribution in [0.4, 0.5) is 5.82 Å². The van der Waals surface area contributed by atoms with E-state index in [1.54, 1.807) is 17.0 Å². The smallest absolute Gasteiger partial charge is 0.254 e. The highest BCUT2D eigenvalue weighted by molar-refractivity contribution is 6.29. The van der Waals surface area contributed by atoms with Gasteiger partial charge in [-0.1, -0.05) is 11.6 Å². The van der Waals surface area contributed by atoms with Crippen molar-refractivity contribution in [3.05, 3.63) is 22.8 Å². The topological polar surface area (TPSA) is 56.7 Å². The molecule has 0 atom stereocenters. The molecule has 0 saturated heterocycles. The molecule has 0 spiro atoms. The molecule has 0 radical (unpaired) electrons. The molecule has 0 aliphatic heterocycles. The molecule has 22 heavy (non-hydrogen) atoms. The van der Waals surface area contributed by atoms with Crippen molar-refractivity contribution in [2.45, 2.75) is 31.7 Å². The predicted octanol–water partition coefficient (Wildman–Crippen LogP) is 2.42. The highest BCUT2D eigenvalue weighted by Crippen LogP contribution is 2.28. The number of hydrogen-bond donors (Lipinski definition) is 1. The first-order chi connectivity index (χ1) is 10.4. The summed E-state index contributed by atoms with van der Waals surface area (Å²) in [5.41, 5.74) is 0.565. The van der Waals surface area contributed by atoms with Crippen molar-refractivity contribution < 1.29 is 9.90 Å². The number of halogens is 1. The Balaban J connectivity index is 2.11. The van der Waals surface area contributed by atoms with Crippen molar-refractivity contribution in [1.29, 1.82) is 0 Å². The summed E-state index contributed by atoms with van der Waals surface area (Å²) in [5, 5.41) is 9.54. The zero-order chi connectivity index (χ0) is 16.3. The molecule has 0 bridgehead atoms. The summed E-state index contributed by atoms with van der Waals surface area (Å²) in [6.07, 6.45) is 3.82. The van der Waals surface area contributed by atoms with Crippen LogP contribution in [0.3, 0.4) is 0 Å². The Kier molecular flexibility index (Phi) is 5.64. The molecule has 1 aromatic heterocycles. The third-order valence-electron chi connectivity index (χ3n) is 4.43. The highest BCUT2D eigenvalue weighted by atomic mass is 35.5. The van der Waals surface area contributed by atoms with E-state index in [4.69, 9.17) is 11.6 Å². The number of aliphatic hydroxyl groups excluding tert-OH is 1. The van der Waals surface area contributed by atoms with E-state index in [0.29, 0.717) is 22.5 Å². The van der Waals surface area contributed by atoms with Crippen LogP contribution in [0.2, 0.25) is 5.15 Å². The summed E-state index contributed by atoms with van der Waals surface area (Å²) < 4.78 is 0. The second-order valence-electron chi connectivity index (χ2n) is 6.20. The molecule has 5 nitrogen and oxygen atoms in total. The van der Waals surface area contributed by atoms with Crippen LogP contribution in [-0.2, 0) is 0 Å². The van der Waals surface area contributed by atoms with E-state index < -0.39 is 0 Å². The molecular weight excluding hydrogens is 302 g/mol. The van der Waals surface area contributed by atoms with Crippen molar-refractivity contribution in [2.24, 2.45) is 5.92 Å². The summed E-state index contributed by atoms with van der Waals surface area (Å²) in [5.74, 6) is 1.03. The monoisotopic (exact) mass is 325 g/mol. The molecule has 6 heteroatoms. The van der Waals surface area contributed by atoms with Crippen LogP contribution in [0.15, 0.2) is 12.1 Å². The Labute approximate surface area is 136 Å². The van der Waals surface area contributed by atoms with Crippen LogP contribution < -0.4 is 4.90 Å². The Morgan fingerprint density at radius 3 is 2.45 bits per heavy atom. The van der Waals surface area contributed by atoms with Gasteiger partial charge in [0.15, 0.2) is 0 Å². The number of rotatable bonds is 4. The molecule has 0 unspecified atom stereocenters. The third kappa shape index (κ3) is 3.90. The fourth-order valence-electron chi connectivity index (χ4n) is 2.92. The van der Waals surface area contributed by atoms with E-state index in [0.717, 1.165) is 25.7 Å². The number of aliphatic hydroxyl groups is 1. The quantitative estimate of drug-likeness (QED) is 0.864. The maximum atomic E-state index is 12.7. The lowest BCUT2D eigenvalue weighted by molar-refractivity contribution is 0.0653. The van der Waals surface area contributed by atoms with Gasteiger partial charge in [-0.25, -0.2) is 4.98 Å². The van der Waals surface area contributed by atoms with Crippen molar-refractivity contribution in [1.82, 2.24) is 9.88 Å². The lowest BCUT2D eigenvalue weighted by Gasteiger charge is -2.34. The van der Waals surface area contributed by atoms with Crippen LogP contribution in [0.1, 0.15) is 36.0 Å². The fraction of sp³-hybridized carbons (Fsp3) is 0.625. The fourth-order valence-corrected chi connectivity index (χ4v) is 3.12. The van der Waals surface area contributed by atoms with Gasteiger partial charge in [0.25, 0.3) is 5.91 Å². The Hall–Kier alpha value is -1.33. The Morgan fingerprint density at radius 1 is 1.27 bits per heavy atom. The number of carbonyl (C=O) groups excluding carboxylic acids is 1. The van der Waals surface area contributed by atoms with Gasteiger partial charge in [0, 0.05) is 39.4 Å². The summed E-state index contributed by atoms with van der Waals surface area (Å²) >= 11 is 6.03. The zero-order valence-corrected chi connectivity index (χ0v) is 14.2. The average Bonchev–Trinajstić information content (AvgIpc) is 2.53. The standard InChI is InChI=1S/C16H24ClN3O2/c1-19(2)15-9-12(8-14(17)18-15)16(22)20(3)13-6-4-11(10-21)5-7-13/h8-9,11,13,21H,4-7,10H2,1-3H3. The van der Waals surface area contributed by atoms with Crippen LogP contribution in [0, 0.1) is 5.92 Å². The molecule has 1 N–H and O–H groups in total. The molecule has 1 heterocycles. The molecule has 1 amide bonds. The third-order valence-corrected chi connectivity index (χ3v) is 4.62. The number of aromatic nitrogens is 1. The van der Waals surface area contributed by atoms with E-state index in [-0.39, 0.29) is 18.6 Å². The molecule has 1 aromatic rings. The van der Waals surface area contributed by atoms with Gasteiger partial charge in [-0.2, -0.15) is 0 Å². The minimum absolute atomic E-state index is 0.0279. The molecule has 1 saturated carbocycles. The molecule has 1 fully saturated rings. The van der Waals surface area contributed by atoms with Gasteiger partial charge in [0.2, 0.25) is 0 Å². The lowest BCUT2D eigenvalue weighted by Crippen LogP contribution is -2.40. The van der Waals surface area contributed by atoms with E-state index in [2.05, 4.69) is 4.98 Å².